The number of carboxylic acid groups (broad SMARTS) is 1. The summed E-state index contributed by atoms with van der Waals surface area (Å²) in [6.45, 7) is 1.98. The first-order chi connectivity index (χ1) is 6.16. The molecule has 1 aromatic rings. The number of hydrogen-bond donors (Lipinski definition) is 1. The topological polar surface area (TPSA) is 45.5 Å². The molecule has 0 aliphatic carbocycles. The van der Waals surface area contributed by atoms with Crippen LogP contribution in [0.2, 0.25) is 0 Å². The smallest absolute Gasteiger partial charge is 0.307 e. The third-order valence-corrected chi connectivity index (χ3v) is 2.35. The van der Waals surface area contributed by atoms with Crippen molar-refractivity contribution < 1.29 is 9.90 Å². The van der Waals surface area contributed by atoms with Crippen molar-refractivity contribution in [3.05, 3.63) is 17.8 Å². The molecule has 1 N–H and O–H groups in total. The molecule has 0 saturated carbocycles. The summed E-state index contributed by atoms with van der Waals surface area (Å²) in [5.74, 6) is 0.350. The number of carbonyl (C=O) groups is 1. The molecule has 0 amide bonds. The van der Waals surface area contributed by atoms with Crippen LogP contribution in [-0.4, -0.2) is 29.2 Å². The van der Waals surface area contributed by atoms with Crippen molar-refractivity contribution in [2.24, 2.45) is 0 Å². The number of fused-ring (bicyclic) bond motifs is 1. The summed E-state index contributed by atoms with van der Waals surface area (Å²) < 4.78 is 2.10. The fraction of sp³-hybridized carbons (Fsp3) is 0.444. The number of anilines is 1. The number of hydrogen-bond acceptors (Lipinski definition) is 2. The predicted octanol–water partition coefficient (Wildman–Crippen LogP) is 0.565. The molecule has 1 aliphatic rings. The third-order valence-electron chi connectivity index (χ3n) is 2.35. The summed E-state index contributed by atoms with van der Waals surface area (Å²) in [6, 6.07) is 1.95. The van der Waals surface area contributed by atoms with Gasteiger partial charge < -0.3 is 14.6 Å². The molecule has 0 unspecified atom stereocenters. The van der Waals surface area contributed by atoms with Gasteiger partial charge in [-0.25, -0.2) is 0 Å². The van der Waals surface area contributed by atoms with E-state index in [-0.39, 0.29) is 6.42 Å². The molecule has 2 heterocycles. The van der Waals surface area contributed by atoms with Gasteiger partial charge in [0.2, 0.25) is 0 Å². The van der Waals surface area contributed by atoms with Crippen LogP contribution in [0.4, 0.5) is 5.82 Å². The molecular weight excluding hydrogens is 168 g/mol. The Kier molecular flexibility index (Phi) is 1.76. The highest BCUT2D eigenvalue weighted by Gasteiger charge is 2.16. The van der Waals surface area contributed by atoms with E-state index in [0.29, 0.717) is 0 Å². The minimum absolute atomic E-state index is 0.119. The SMILES string of the molecule is CN1CCn2cc(CC(=O)O)cc21. The van der Waals surface area contributed by atoms with E-state index in [1.807, 2.05) is 19.3 Å². The highest BCUT2D eigenvalue weighted by atomic mass is 16.4. The average molecular weight is 180 g/mol. The van der Waals surface area contributed by atoms with E-state index in [1.54, 1.807) is 0 Å². The van der Waals surface area contributed by atoms with Crippen LogP contribution in [0.1, 0.15) is 5.56 Å². The lowest BCUT2D eigenvalue weighted by Crippen LogP contribution is -2.12. The molecule has 4 heteroatoms. The highest BCUT2D eigenvalue weighted by Crippen LogP contribution is 2.23. The van der Waals surface area contributed by atoms with Gasteiger partial charge in [0.1, 0.15) is 5.82 Å². The molecule has 0 radical (unpaired) electrons. The minimum atomic E-state index is -0.771. The van der Waals surface area contributed by atoms with Gasteiger partial charge in [-0.3, -0.25) is 4.79 Å². The molecule has 1 aliphatic heterocycles. The molecule has 0 bridgehead atoms. The monoisotopic (exact) mass is 180 g/mol. The van der Waals surface area contributed by atoms with Gasteiger partial charge in [-0.1, -0.05) is 0 Å². The molecular formula is C9H12N2O2. The van der Waals surface area contributed by atoms with Gasteiger partial charge in [-0.15, -0.1) is 0 Å². The number of aliphatic carboxylic acids is 1. The van der Waals surface area contributed by atoms with Gasteiger partial charge in [0.05, 0.1) is 6.42 Å². The van der Waals surface area contributed by atoms with Crippen LogP contribution in [-0.2, 0) is 17.8 Å². The van der Waals surface area contributed by atoms with Crippen molar-refractivity contribution >= 4 is 11.8 Å². The second-order valence-electron chi connectivity index (χ2n) is 3.39. The van der Waals surface area contributed by atoms with Crippen molar-refractivity contribution in [1.29, 1.82) is 0 Å². The average Bonchev–Trinajstić information content (AvgIpc) is 2.53. The lowest BCUT2D eigenvalue weighted by atomic mass is 10.2. The molecule has 0 fully saturated rings. The van der Waals surface area contributed by atoms with E-state index in [0.717, 1.165) is 24.5 Å². The van der Waals surface area contributed by atoms with Crippen LogP contribution < -0.4 is 4.90 Å². The summed E-state index contributed by atoms with van der Waals surface area (Å²) in [5.41, 5.74) is 0.883. The number of nitrogens with zero attached hydrogens (tertiary/aromatic N) is 2. The Labute approximate surface area is 76.4 Å². The van der Waals surface area contributed by atoms with E-state index < -0.39 is 5.97 Å². The molecule has 0 spiro atoms. The second-order valence-corrected chi connectivity index (χ2v) is 3.39. The van der Waals surface area contributed by atoms with Crippen molar-refractivity contribution in [3.8, 4) is 0 Å². The van der Waals surface area contributed by atoms with Gasteiger partial charge in [0.25, 0.3) is 0 Å². The first-order valence-electron chi connectivity index (χ1n) is 4.29. The van der Waals surface area contributed by atoms with Crippen molar-refractivity contribution in [2.75, 3.05) is 18.5 Å². The van der Waals surface area contributed by atoms with E-state index in [2.05, 4.69) is 9.47 Å². The summed E-state index contributed by atoms with van der Waals surface area (Å²) >= 11 is 0. The number of likely N-dealkylation sites (N-methyl/N-ethyl adjacent to an activating group) is 1. The molecule has 1 aromatic heterocycles. The Bertz CT molecular complexity index is 343. The molecule has 4 nitrogen and oxygen atoms in total. The second kappa shape index (κ2) is 2.80. The zero-order valence-corrected chi connectivity index (χ0v) is 7.53. The van der Waals surface area contributed by atoms with E-state index in [4.69, 9.17) is 5.11 Å². The normalized spacial score (nSPS) is 14.7. The molecule has 0 aromatic carbocycles. The van der Waals surface area contributed by atoms with Crippen LogP contribution in [0.3, 0.4) is 0 Å². The van der Waals surface area contributed by atoms with Crippen LogP contribution >= 0.6 is 0 Å². The summed E-state index contributed by atoms with van der Waals surface area (Å²) in [4.78, 5) is 12.6. The van der Waals surface area contributed by atoms with Gasteiger partial charge in [-0.05, 0) is 11.6 Å². The van der Waals surface area contributed by atoms with Crippen LogP contribution in [0.25, 0.3) is 0 Å². The van der Waals surface area contributed by atoms with E-state index >= 15 is 0 Å². The Hall–Kier alpha value is -1.45. The molecule has 70 valence electrons. The van der Waals surface area contributed by atoms with Gasteiger partial charge >= 0.3 is 5.97 Å². The summed E-state index contributed by atoms with van der Waals surface area (Å²) in [7, 11) is 2.02. The van der Waals surface area contributed by atoms with Crippen LogP contribution in [0.5, 0.6) is 0 Å². The Morgan fingerprint density at radius 3 is 3.00 bits per heavy atom. The molecule has 2 rings (SSSR count). The van der Waals surface area contributed by atoms with Crippen molar-refractivity contribution in [2.45, 2.75) is 13.0 Å². The largest absolute Gasteiger partial charge is 0.481 e. The summed E-state index contributed by atoms with van der Waals surface area (Å²) in [5, 5.41) is 8.60. The van der Waals surface area contributed by atoms with E-state index in [1.165, 1.54) is 0 Å². The predicted molar refractivity (Wildman–Crippen MR) is 49.0 cm³/mol. The fourth-order valence-corrected chi connectivity index (χ4v) is 1.70. The third kappa shape index (κ3) is 1.39. The maximum absolute atomic E-state index is 10.5. The quantitative estimate of drug-likeness (QED) is 0.723. The lowest BCUT2D eigenvalue weighted by Gasteiger charge is -2.07. The van der Waals surface area contributed by atoms with Gasteiger partial charge in [0, 0.05) is 26.3 Å². The van der Waals surface area contributed by atoms with Crippen LogP contribution in [0.15, 0.2) is 12.3 Å². The first kappa shape index (κ1) is 8.16. The maximum Gasteiger partial charge on any atom is 0.307 e. The van der Waals surface area contributed by atoms with Crippen molar-refractivity contribution in [1.82, 2.24) is 4.57 Å². The minimum Gasteiger partial charge on any atom is -0.481 e. The van der Waals surface area contributed by atoms with Gasteiger partial charge in [-0.2, -0.15) is 0 Å². The molecule has 0 atom stereocenters. The number of aromatic nitrogens is 1. The number of carboxylic acids is 1. The highest BCUT2D eigenvalue weighted by molar-refractivity contribution is 5.70. The van der Waals surface area contributed by atoms with Crippen LogP contribution in [0, 0.1) is 0 Å². The first-order valence-corrected chi connectivity index (χ1v) is 4.29. The fourth-order valence-electron chi connectivity index (χ4n) is 1.70. The van der Waals surface area contributed by atoms with Gasteiger partial charge in [0.15, 0.2) is 0 Å². The molecule has 0 saturated heterocycles. The Morgan fingerprint density at radius 1 is 1.62 bits per heavy atom. The summed E-state index contributed by atoms with van der Waals surface area (Å²) in [6.07, 6.45) is 2.04. The Morgan fingerprint density at radius 2 is 2.38 bits per heavy atom. The standard InChI is InChI=1S/C9H12N2O2/c1-10-2-3-11-6-7(4-8(10)11)5-9(12)13/h4,6H,2-3,5H2,1H3,(H,12,13). The lowest BCUT2D eigenvalue weighted by molar-refractivity contribution is -0.136. The Balaban J connectivity index is 2.23. The van der Waals surface area contributed by atoms with Crippen molar-refractivity contribution in [3.63, 3.8) is 0 Å². The number of rotatable bonds is 2. The zero-order chi connectivity index (χ0) is 9.42. The zero-order valence-electron chi connectivity index (χ0n) is 7.53. The van der Waals surface area contributed by atoms with E-state index in [9.17, 15) is 4.79 Å². The maximum atomic E-state index is 10.5. The molecule has 13 heavy (non-hydrogen) atoms.